The van der Waals surface area contributed by atoms with Gasteiger partial charge in [0.2, 0.25) is 0 Å². The SMILES string of the molecule is CCN(CC)C(=O)Oc1ccc2c(ccn2Cc2ccc(F)cc2)c1NC(=O)c1cccc(OC(C)=O)c1C. The zero-order valence-electron chi connectivity index (χ0n) is 22.3. The molecule has 0 aliphatic carbocycles. The summed E-state index contributed by atoms with van der Waals surface area (Å²) in [4.78, 5) is 39.3. The first-order chi connectivity index (χ1) is 18.7. The number of hydrogen-bond acceptors (Lipinski definition) is 5. The number of hydrogen-bond donors (Lipinski definition) is 1. The summed E-state index contributed by atoms with van der Waals surface area (Å²) in [7, 11) is 0. The summed E-state index contributed by atoms with van der Waals surface area (Å²) < 4.78 is 26.3. The van der Waals surface area contributed by atoms with Crippen LogP contribution in [0.3, 0.4) is 0 Å². The Hall–Kier alpha value is -4.66. The first-order valence-corrected chi connectivity index (χ1v) is 12.6. The molecule has 3 aromatic carbocycles. The van der Waals surface area contributed by atoms with E-state index in [1.54, 1.807) is 43.3 Å². The molecule has 0 radical (unpaired) electrons. The number of esters is 1. The van der Waals surface area contributed by atoms with Crippen molar-refractivity contribution in [2.75, 3.05) is 18.4 Å². The number of fused-ring (bicyclic) bond motifs is 1. The number of rotatable bonds is 8. The number of amides is 2. The molecule has 0 atom stereocenters. The molecule has 0 saturated heterocycles. The second-order valence-corrected chi connectivity index (χ2v) is 8.96. The van der Waals surface area contributed by atoms with Crippen LogP contribution in [0.15, 0.2) is 66.9 Å². The Morgan fingerprint density at radius 2 is 1.64 bits per heavy atom. The second kappa shape index (κ2) is 11.8. The van der Waals surface area contributed by atoms with Crippen LogP contribution in [0.5, 0.6) is 11.5 Å². The van der Waals surface area contributed by atoms with Crippen LogP contribution < -0.4 is 14.8 Å². The quantitative estimate of drug-likeness (QED) is 0.217. The fourth-order valence-corrected chi connectivity index (χ4v) is 4.34. The third kappa shape index (κ3) is 6.09. The van der Waals surface area contributed by atoms with Crippen molar-refractivity contribution in [3.05, 3.63) is 89.4 Å². The van der Waals surface area contributed by atoms with Crippen molar-refractivity contribution >= 4 is 34.6 Å². The lowest BCUT2D eigenvalue weighted by Gasteiger charge is -2.20. The molecule has 0 fully saturated rings. The Balaban J connectivity index is 1.75. The molecule has 4 aromatic rings. The van der Waals surface area contributed by atoms with Crippen molar-refractivity contribution < 1.29 is 28.2 Å². The van der Waals surface area contributed by atoms with Gasteiger partial charge in [0, 0.05) is 49.3 Å². The minimum absolute atomic E-state index is 0.195. The van der Waals surface area contributed by atoms with Crippen molar-refractivity contribution in [3.8, 4) is 11.5 Å². The monoisotopic (exact) mass is 531 g/mol. The van der Waals surface area contributed by atoms with Crippen LogP contribution in [-0.2, 0) is 11.3 Å². The number of benzene rings is 3. The van der Waals surface area contributed by atoms with Gasteiger partial charge in [0.05, 0.1) is 11.2 Å². The topological polar surface area (TPSA) is 89.9 Å². The van der Waals surface area contributed by atoms with Gasteiger partial charge in [0.1, 0.15) is 11.6 Å². The van der Waals surface area contributed by atoms with E-state index >= 15 is 0 Å². The molecular formula is C30H30FN3O5. The maximum atomic E-state index is 13.5. The van der Waals surface area contributed by atoms with E-state index in [9.17, 15) is 18.8 Å². The largest absolute Gasteiger partial charge is 0.426 e. The van der Waals surface area contributed by atoms with Crippen LogP contribution >= 0.6 is 0 Å². The van der Waals surface area contributed by atoms with Gasteiger partial charge in [-0.05, 0) is 68.8 Å². The molecule has 1 aromatic heterocycles. The number of nitrogens with zero attached hydrogens (tertiary/aromatic N) is 2. The van der Waals surface area contributed by atoms with E-state index in [-0.39, 0.29) is 17.3 Å². The molecule has 2 amide bonds. The Bertz CT molecular complexity index is 1520. The van der Waals surface area contributed by atoms with Gasteiger partial charge in [-0.3, -0.25) is 9.59 Å². The van der Waals surface area contributed by atoms with E-state index in [2.05, 4.69) is 5.32 Å². The number of nitrogens with one attached hydrogen (secondary N) is 1. The highest BCUT2D eigenvalue weighted by molar-refractivity contribution is 6.11. The fraction of sp³-hybridized carbons (Fsp3) is 0.233. The average Bonchev–Trinajstić information content (AvgIpc) is 3.31. The minimum atomic E-state index is -0.534. The fourth-order valence-electron chi connectivity index (χ4n) is 4.34. The van der Waals surface area contributed by atoms with Crippen LogP contribution in [0.2, 0.25) is 0 Å². The van der Waals surface area contributed by atoms with E-state index < -0.39 is 18.0 Å². The van der Waals surface area contributed by atoms with E-state index in [0.717, 1.165) is 11.1 Å². The third-order valence-corrected chi connectivity index (χ3v) is 6.42. The molecule has 0 spiro atoms. The first kappa shape index (κ1) is 27.4. The van der Waals surface area contributed by atoms with Crippen LogP contribution in [-0.4, -0.2) is 40.5 Å². The van der Waals surface area contributed by atoms with Gasteiger partial charge in [-0.15, -0.1) is 0 Å². The summed E-state index contributed by atoms with van der Waals surface area (Å²) in [5.74, 6) is -0.782. The average molecular weight is 532 g/mol. The van der Waals surface area contributed by atoms with Gasteiger partial charge in [0.25, 0.3) is 5.91 Å². The lowest BCUT2D eigenvalue weighted by Crippen LogP contribution is -2.33. The second-order valence-electron chi connectivity index (χ2n) is 8.96. The minimum Gasteiger partial charge on any atom is -0.426 e. The lowest BCUT2D eigenvalue weighted by molar-refractivity contribution is -0.131. The number of aromatic nitrogens is 1. The Morgan fingerprint density at radius 1 is 0.923 bits per heavy atom. The molecule has 202 valence electrons. The van der Waals surface area contributed by atoms with Crippen LogP contribution in [0.1, 0.15) is 42.3 Å². The predicted molar refractivity (Wildman–Crippen MR) is 147 cm³/mol. The summed E-state index contributed by atoms with van der Waals surface area (Å²) in [6.07, 6.45) is 1.32. The molecule has 1 N–H and O–H groups in total. The number of ether oxygens (including phenoxy) is 2. The standard InChI is InChI=1S/C30H30FN3O5/c1-5-33(6-2)30(37)39-27-15-14-25-24(16-17-34(25)18-21-10-12-22(31)13-11-21)28(27)32-29(36)23-8-7-9-26(19(23)3)38-20(4)35/h7-17H,5-6,18H2,1-4H3,(H,32,36). The Kier molecular flexibility index (Phi) is 8.29. The summed E-state index contributed by atoms with van der Waals surface area (Å²) in [6, 6.07) is 16.4. The normalized spacial score (nSPS) is 10.8. The molecule has 0 saturated carbocycles. The molecule has 0 unspecified atom stereocenters. The van der Waals surface area contributed by atoms with Crippen LogP contribution in [0, 0.1) is 12.7 Å². The van der Waals surface area contributed by atoms with Crippen LogP contribution in [0.4, 0.5) is 14.9 Å². The first-order valence-electron chi connectivity index (χ1n) is 12.6. The molecule has 9 heteroatoms. The van der Waals surface area contributed by atoms with Crippen molar-refractivity contribution in [1.82, 2.24) is 9.47 Å². The number of carbonyl (C=O) groups is 3. The maximum Gasteiger partial charge on any atom is 0.415 e. The van der Waals surface area contributed by atoms with Crippen molar-refractivity contribution in [2.45, 2.75) is 34.2 Å². The van der Waals surface area contributed by atoms with E-state index in [4.69, 9.17) is 9.47 Å². The van der Waals surface area contributed by atoms with Crippen LogP contribution in [0.25, 0.3) is 10.9 Å². The lowest BCUT2D eigenvalue weighted by atomic mass is 10.1. The van der Waals surface area contributed by atoms with E-state index in [1.165, 1.54) is 24.0 Å². The van der Waals surface area contributed by atoms with Gasteiger partial charge in [-0.2, -0.15) is 0 Å². The molecule has 0 bridgehead atoms. The number of carbonyl (C=O) groups excluding carboxylic acids is 3. The zero-order chi connectivity index (χ0) is 28.1. The smallest absolute Gasteiger partial charge is 0.415 e. The molecular weight excluding hydrogens is 501 g/mol. The Labute approximate surface area is 225 Å². The predicted octanol–water partition coefficient (Wildman–Crippen LogP) is 6.16. The van der Waals surface area contributed by atoms with Gasteiger partial charge in [-0.25, -0.2) is 9.18 Å². The summed E-state index contributed by atoms with van der Waals surface area (Å²) >= 11 is 0. The van der Waals surface area contributed by atoms with Gasteiger partial charge in [-0.1, -0.05) is 18.2 Å². The van der Waals surface area contributed by atoms with Gasteiger partial charge in [0.15, 0.2) is 5.75 Å². The highest BCUT2D eigenvalue weighted by atomic mass is 19.1. The van der Waals surface area contributed by atoms with Crippen molar-refractivity contribution in [3.63, 3.8) is 0 Å². The zero-order valence-corrected chi connectivity index (χ0v) is 22.3. The van der Waals surface area contributed by atoms with Crippen molar-refractivity contribution in [1.29, 1.82) is 0 Å². The third-order valence-electron chi connectivity index (χ3n) is 6.42. The maximum absolute atomic E-state index is 13.5. The molecule has 4 rings (SSSR count). The Morgan fingerprint density at radius 3 is 2.31 bits per heavy atom. The number of halogens is 1. The van der Waals surface area contributed by atoms with Gasteiger partial charge >= 0.3 is 12.1 Å². The van der Waals surface area contributed by atoms with E-state index in [1.807, 2.05) is 36.7 Å². The van der Waals surface area contributed by atoms with Crippen molar-refractivity contribution in [2.24, 2.45) is 0 Å². The summed E-state index contributed by atoms with van der Waals surface area (Å²) in [5.41, 5.74) is 2.80. The molecule has 8 nitrogen and oxygen atoms in total. The molecule has 1 heterocycles. The highest BCUT2D eigenvalue weighted by Crippen LogP contribution is 2.36. The summed E-state index contributed by atoms with van der Waals surface area (Å²) in [5, 5.41) is 3.57. The highest BCUT2D eigenvalue weighted by Gasteiger charge is 2.21. The van der Waals surface area contributed by atoms with Gasteiger partial charge < -0.3 is 24.3 Å². The molecule has 39 heavy (non-hydrogen) atoms. The summed E-state index contributed by atoms with van der Waals surface area (Å²) in [6.45, 7) is 8.09. The molecule has 0 aliphatic rings. The number of anilines is 1. The molecule has 0 aliphatic heterocycles. The van der Waals surface area contributed by atoms with E-state index in [0.29, 0.717) is 41.8 Å².